The molecule has 0 aliphatic heterocycles. The first-order chi connectivity index (χ1) is 7.52. The summed E-state index contributed by atoms with van der Waals surface area (Å²) in [7, 11) is 1.23. The molecule has 0 aliphatic carbocycles. The first-order valence-corrected chi connectivity index (χ1v) is 4.51. The largest absolute Gasteiger partial charge is 0.472 e. The zero-order chi connectivity index (χ0) is 12.1. The van der Waals surface area contributed by atoms with Crippen molar-refractivity contribution in [2.45, 2.75) is 13.3 Å². The van der Waals surface area contributed by atoms with E-state index in [1.165, 1.54) is 19.2 Å². The van der Waals surface area contributed by atoms with Crippen molar-refractivity contribution in [3.05, 3.63) is 23.4 Å². The number of esters is 1. The van der Waals surface area contributed by atoms with Crippen LogP contribution in [0.3, 0.4) is 0 Å². The highest BCUT2D eigenvalue weighted by molar-refractivity contribution is 5.89. The topological polar surface area (TPSA) is 48.4 Å². The molecule has 0 saturated heterocycles. The van der Waals surface area contributed by atoms with Gasteiger partial charge in [-0.15, -0.1) is 0 Å². The van der Waals surface area contributed by atoms with Gasteiger partial charge in [-0.3, -0.25) is 0 Å². The SMILES string of the molecule is COC(=O)c1cc(C)nc(OCC(F)F)c1. The van der Waals surface area contributed by atoms with Crippen molar-refractivity contribution in [3.8, 4) is 5.88 Å². The Hall–Kier alpha value is -1.72. The van der Waals surface area contributed by atoms with Crippen molar-refractivity contribution in [1.82, 2.24) is 4.98 Å². The van der Waals surface area contributed by atoms with Crippen LogP contribution in [0.4, 0.5) is 8.78 Å². The monoisotopic (exact) mass is 231 g/mol. The fourth-order valence-corrected chi connectivity index (χ4v) is 1.10. The standard InChI is InChI=1S/C10H11F2NO3/c1-6-3-7(10(14)15-2)4-9(13-6)16-5-8(11)12/h3-4,8H,5H2,1-2H3. The predicted molar refractivity (Wildman–Crippen MR) is 51.8 cm³/mol. The van der Waals surface area contributed by atoms with Crippen molar-refractivity contribution in [2.75, 3.05) is 13.7 Å². The van der Waals surface area contributed by atoms with Crippen LogP contribution in [0.5, 0.6) is 5.88 Å². The summed E-state index contributed by atoms with van der Waals surface area (Å²) >= 11 is 0. The zero-order valence-electron chi connectivity index (χ0n) is 8.87. The highest BCUT2D eigenvalue weighted by Gasteiger charge is 2.10. The first-order valence-electron chi connectivity index (χ1n) is 4.51. The minimum Gasteiger partial charge on any atom is -0.472 e. The summed E-state index contributed by atoms with van der Waals surface area (Å²) in [5.41, 5.74) is 0.714. The molecule has 88 valence electrons. The van der Waals surface area contributed by atoms with Crippen LogP contribution >= 0.6 is 0 Å². The molecule has 4 nitrogen and oxygen atoms in total. The van der Waals surface area contributed by atoms with Gasteiger partial charge in [-0.05, 0) is 13.0 Å². The summed E-state index contributed by atoms with van der Waals surface area (Å²) in [6.45, 7) is 0.874. The lowest BCUT2D eigenvalue weighted by Gasteiger charge is -2.07. The molecule has 0 saturated carbocycles. The van der Waals surface area contributed by atoms with Gasteiger partial charge < -0.3 is 9.47 Å². The molecule has 0 fully saturated rings. The number of carbonyl (C=O) groups excluding carboxylic acids is 1. The van der Waals surface area contributed by atoms with Crippen molar-refractivity contribution in [2.24, 2.45) is 0 Å². The van der Waals surface area contributed by atoms with Crippen LogP contribution < -0.4 is 4.74 Å². The number of carbonyl (C=O) groups is 1. The second-order valence-corrected chi connectivity index (χ2v) is 3.03. The van der Waals surface area contributed by atoms with Gasteiger partial charge in [0.1, 0.15) is 0 Å². The molecule has 1 aromatic rings. The first kappa shape index (κ1) is 12.4. The van der Waals surface area contributed by atoms with E-state index in [0.717, 1.165) is 0 Å². The zero-order valence-corrected chi connectivity index (χ0v) is 8.87. The number of aryl methyl sites for hydroxylation is 1. The summed E-state index contributed by atoms with van der Waals surface area (Å²) in [6, 6.07) is 2.75. The number of pyridine rings is 1. The van der Waals surface area contributed by atoms with Gasteiger partial charge in [-0.25, -0.2) is 18.6 Å². The van der Waals surface area contributed by atoms with E-state index in [2.05, 4.69) is 9.72 Å². The normalized spacial score (nSPS) is 10.3. The number of alkyl halides is 2. The Bertz CT molecular complexity index is 382. The van der Waals surface area contributed by atoms with E-state index in [9.17, 15) is 13.6 Å². The molecule has 1 aromatic heterocycles. The van der Waals surface area contributed by atoms with E-state index in [1.807, 2.05) is 0 Å². The van der Waals surface area contributed by atoms with E-state index in [1.54, 1.807) is 6.92 Å². The van der Waals surface area contributed by atoms with Gasteiger partial charge in [0.15, 0.2) is 6.61 Å². The Balaban J connectivity index is 2.85. The third-order valence-corrected chi connectivity index (χ3v) is 1.71. The molecular formula is C10H11F2NO3. The van der Waals surface area contributed by atoms with Crippen molar-refractivity contribution < 1.29 is 23.0 Å². The average molecular weight is 231 g/mol. The number of hydrogen-bond acceptors (Lipinski definition) is 4. The number of halogens is 2. The minimum absolute atomic E-state index is 0.0132. The Labute approximate surface area is 91.2 Å². The number of methoxy groups -OCH3 is 1. The van der Waals surface area contributed by atoms with Gasteiger partial charge in [0, 0.05) is 11.8 Å². The molecule has 0 radical (unpaired) electrons. The molecule has 0 aromatic carbocycles. The second kappa shape index (κ2) is 5.39. The van der Waals surface area contributed by atoms with Crippen LogP contribution in [-0.2, 0) is 4.74 Å². The molecule has 0 atom stereocenters. The van der Waals surface area contributed by atoms with E-state index in [0.29, 0.717) is 5.69 Å². The highest BCUT2D eigenvalue weighted by atomic mass is 19.3. The van der Waals surface area contributed by atoms with Crippen molar-refractivity contribution in [3.63, 3.8) is 0 Å². The quantitative estimate of drug-likeness (QED) is 0.741. The third kappa shape index (κ3) is 3.45. The molecule has 0 N–H and O–H groups in total. The third-order valence-electron chi connectivity index (χ3n) is 1.71. The number of rotatable bonds is 4. The Kier molecular flexibility index (Phi) is 4.16. The smallest absolute Gasteiger partial charge is 0.338 e. The molecule has 0 aliphatic rings. The predicted octanol–water partition coefficient (Wildman–Crippen LogP) is 1.82. The van der Waals surface area contributed by atoms with Gasteiger partial charge in [0.05, 0.1) is 12.7 Å². The van der Waals surface area contributed by atoms with E-state index in [4.69, 9.17) is 4.74 Å². The van der Waals surface area contributed by atoms with Gasteiger partial charge in [-0.1, -0.05) is 0 Å². The maximum absolute atomic E-state index is 11.9. The van der Waals surface area contributed by atoms with E-state index < -0.39 is 19.0 Å². The summed E-state index contributed by atoms with van der Waals surface area (Å²) in [4.78, 5) is 15.1. The lowest BCUT2D eigenvalue weighted by Crippen LogP contribution is -2.10. The van der Waals surface area contributed by atoms with Crippen LogP contribution in [0.2, 0.25) is 0 Å². The molecule has 0 spiro atoms. The summed E-state index contributed by atoms with van der Waals surface area (Å²) < 4.78 is 33.0. The number of ether oxygens (including phenoxy) is 2. The highest BCUT2D eigenvalue weighted by Crippen LogP contribution is 2.14. The van der Waals surface area contributed by atoms with E-state index in [-0.39, 0.29) is 11.4 Å². The lowest BCUT2D eigenvalue weighted by molar-refractivity contribution is 0.0598. The molecule has 16 heavy (non-hydrogen) atoms. The molecule has 1 heterocycles. The average Bonchev–Trinajstić information content (AvgIpc) is 2.24. The van der Waals surface area contributed by atoms with Crippen LogP contribution in [-0.4, -0.2) is 31.1 Å². The molecule has 0 amide bonds. The molecular weight excluding hydrogens is 220 g/mol. The van der Waals surface area contributed by atoms with Crippen molar-refractivity contribution in [1.29, 1.82) is 0 Å². The molecule has 1 rings (SSSR count). The van der Waals surface area contributed by atoms with Gasteiger partial charge >= 0.3 is 5.97 Å². The minimum atomic E-state index is -2.58. The molecule has 0 unspecified atom stereocenters. The maximum Gasteiger partial charge on any atom is 0.338 e. The van der Waals surface area contributed by atoms with Crippen LogP contribution in [0, 0.1) is 6.92 Å². The van der Waals surface area contributed by atoms with Crippen molar-refractivity contribution >= 4 is 5.97 Å². The number of nitrogens with zero attached hydrogens (tertiary/aromatic N) is 1. The fraction of sp³-hybridized carbons (Fsp3) is 0.400. The maximum atomic E-state index is 11.9. The lowest BCUT2D eigenvalue weighted by atomic mass is 10.2. The molecule has 0 bridgehead atoms. The van der Waals surface area contributed by atoms with Gasteiger partial charge in [0.2, 0.25) is 5.88 Å². The Morgan fingerprint density at radius 2 is 2.19 bits per heavy atom. The number of aromatic nitrogens is 1. The fourth-order valence-electron chi connectivity index (χ4n) is 1.10. The van der Waals surface area contributed by atoms with E-state index >= 15 is 0 Å². The summed E-state index contributed by atoms with van der Waals surface area (Å²) in [5.74, 6) is -0.576. The van der Waals surface area contributed by atoms with Gasteiger partial charge in [0.25, 0.3) is 6.43 Å². The molecule has 6 heteroatoms. The van der Waals surface area contributed by atoms with Crippen LogP contribution in [0.1, 0.15) is 16.1 Å². The Morgan fingerprint density at radius 3 is 2.75 bits per heavy atom. The Morgan fingerprint density at radius 1 is 1.50 bits per heavy atom. The van der Waals surface area contributed by atoms with Crippen LogP contribution in [0.15, 0.2) is 12.1 Å². The van der Waals surface area contributed by atoms with Gasteiger partial charge in [-0.2, -0.15) is 0 Å². The number of hydrogen-bond donors (Lipinski definition) is 0. The summed E-state index contributed by atoms with van der Waals surface area (Å²) in [6.07, 6.45) is -2.58. The summed E-state index contributed by atoms with van der Waals surface area (Å²) in [5, 5.41) is 0. The van der Waals surface area contributed by atoms with Crippen LogP contribution in [0.25, 0.3) is 0 Å². The second-order valence-electron chi connectivity index (χ2n) is 3.03.